The molecule has 0 saturated heterocycles. The van der Waals surface area contributed by atoms with Crippen LogP contribution in [-0.4, -0.2) is 26.0 Å². The lowest BCUT2D eigenvalue weighted by molar-refractivity contribution is -0.135. The first-order chi connectivity index (χ1) is 10.0. The third kappa shape index (κ3) is 6.50. The summed E-state index contributed by atoms with van der Waals surface area (Å²) in [5.74, 6) is -0.502. The summed E-state index contributed by atoms with van der Waals surface area (Å²) in [7, 11) is 1.28. The molecular weight excluding hydrogens is 256 g/mol. The highest BCUT2D eigenvalue weighted by Crippen LogP contribution is 2.09. The third-order valence-electron chi connectivity index (χ3n) is 2.61. The second-order valence-corrected chi connectivity index (χ2v) is 4.62. The minimum absolute atomic E-state index is 0.0544. The third-order valence-corrected chi connectivity index (χ3v) is 2.61. The maximum Gasteiger partial charge on any atom is 0.330 e. The van der Waals surface area contributed by atoms with Gasteiger partial charge >= 0.3 is 5.97 Å². The van der Waals surface area contributed by atoms with Crippen molar-refractivity contribution in [1.82, 2.24) is 0 Å². The van der Waals surface area contributed by atoms with Crippen molar-refractivity contribution in [2.45, 2.75) is 26.6 Å². The Morgan fingerprint density at radius 3 is 2.65 bits per heavy atom. The molecule has 1 atom stereocenters. The van der Waals surface area contributed by atoms with Gasteiger partial charge in [0.15, 0.2) is 0 Å². The normalized spacial score (nSPS) is 14.0. The van der Waals surface area contributed by atoms with Crippen LogP contribution in [0.25, 0.3) is 0 Å². The summed E-state index contributed by atoms with van der Waals surface area (Å²) in [5.41, 5.74) is 1.05. The number of carbonyl (C=O) groups excluding carboxylic acids is 1. The van der Waals surface area contributed by atoms with Gasteiger partial charge in [0.05, 0.1) is 21.2 Å². The van der Waals surface area contributed by atoms with Crippen molar-refractivity contribution in [2.75, 3.05) is 13.9 Å². The maximum atomic E-state index is 11.2. The Morgan fingerprint density at radius 1 is 1.35 bits per heavy atom. The van der Waals surface area contributed by atoms with E-state index in [9.17, 15) is 4.79 Å². The summed E-state index contributed by atoms with van der Waals surface area (Å²) >= 11 is 0. The predicted octanol–water partition coefficient (Wildman–Crippen LogP) is 2.93. The molecule has 0 aliphatic carbocycles. The average molecular weight is 279 g/mol. The summed E-state index contributed by atoms with van der Waals surface area (Å²) in [5, 5.41) is 0. The number of esters is 1. The maximum absolute atomic E-state index is 11.2. The van der Waals surface area contributed by atoms with Crippen LogP contribution >= 0.6 is 0 Å². The van der Waals surface area contributed by atoms with E-state index in [0.29, 0.717) is 6.61 Å². The monoisotopic (exact) mass is 279 g/mol. The highest BCUT2D eigenvalue weighted by atomic mass is 16.7. The summed E-state index contributed by atoms with van der Waals surface area (Å²) in [6.07, 6.45) is 0.627. The van der Waals surface area contributed by atoms with E-state index in [2.05, 4.69) is 4.74 Å². The molecule has 0 unspecified atom stereocenters. The highest BCUT2D eigenvalue weighted by molar-refractivity contribution is 5.81. The summed E-state index contributed by atoms with van der Waals surface area (Å²) in [6.45, 7) is 4.35. The van der Waals surface area contributed by atoms with Gasteiger partial charge in [0.2, 0.25) is 0 Å². The Balaban J connectivity index is 2.45. The van der Waals surface area contributed by atoms with E-state index in [1.54, 1.807) is 0 Å². The van der Waals surface area contributed by atoms with E-state index in [1.807, 2.05) is 44.2 Å². The van der Waals surface area contributed by atoms with Crippen molar-refractivity contribution in [3.8, 4) is 0 Å². The van der Waals surface area contributed by atoms with E-state index in [0.717, 1.165) is 11.6 Å². The average Bonchev–Trinajstić information content (AvgIpc) is 2.47. The van der Waals surface area contributed by atoms with E-state index in [1.165, 1.54) is 7.11 Å². The first-order valence-electron chi connectivity index (χ1n) is 7.04. The molecule has 0 spiro atoms. The predicted molar refractivity (Wildman–Crippen MR) is 77.0 cm³/mol. The second-order valence-electron chi connectivity index (χ2n) is 4.62. The van der Waals surface area contributed by atoms with Crippen molar-refractivity contribution in [3.63, 3.8) is 0 Å². The first-order valence-corrected chi connectivity index (χ1v) is 6.54. The standard InChI is InChI=1S/C16H22O4/c1-13(2)15(9-10-16(17)18-3)20-12-19-11-14-7-5-4-6-8-14/h4-10,13,15H,11-12H2,1-3H3/b10-9+/t15-/m0/s1/i9D. The lowest BCUT2D eigenvalue weighted by Gasteiger charge is -2.17. The number of ether oxygens (including phenoxy) is 3. The van der Waals surface area contributed by atoms with Crippen LogP contribution in [0, 0.1) is 5.92 Å². The molecule has 0 bridgehead atoms. The Morgan fingerprint density at radius 2 is 2.05 bits per heavy atom. The van der Waals surface area contributed by atoms with E-state index < -0.39 is 12.1 Å². The van der Waals surface area contributed by atoms with Crippen molar-refractivity contribution in [2.24, 2.45) is 5.92 Å². The topological polar surface area (TPSA) is 44.8 Å². The van der Waals surface area contributed by atoms with Crippen LogP contribution in [0.1, 0.15) is 20.8 Å². The fraction of sp³-hybridized carbons (Fsp3) is 0.438. The SMILES string of the molecule is [2H]/C(=C\C(=O)OC)[C@H](OCOCc1ccccc1)C(C)C. The van der Waals surface area contributed by atoms with E-state index in [-0.39, 0.29) is 18.8 Å². The number of hydrogen-bond donors (Lipinski definition) is 0. The molecule has 0 aromatic heterocycles. The molecule has 0 aliphatic rings. The Bertz CT molecular complexity index is 457. The van der Waals surface area contributed by atoms with Crippen molar-refractivity contribution >= 4 is 5.97 Å². The molecule has 1 aromatic carbocycles. The lowest BCUT2D eigenvalue weighted by Crippen LogP contribution is -2.19. The van der Waals surface area contributed by atoms with Crippen LogP contribution in [0.3, 0.4) is 0 Å². The Hall–Kier alpha value is -1.65. The molecule has 0 saturated carbocycles. The van der Waals surface area contributed by atoms with Gasteiger partial charge in [-0.1, -0.05) is 44.2 Å². The highest BCUT2D eigenvalue weighted by Gasteiger charge is 2.11. The van der Waals surface area contributed by atoms with Crippen LogP contribution in [0.2, 0.25) is 0 Å². The molecule has 0 heterocycles. The van der Waals surface area contributed by atoms with Gasteiger partial charge in [0.1, 0.15) is 6.79 Å². The molecule has 0 aliphatic heterocycles. The van der Waals surface area contributed by atoms with Gasteiger partial charge in [-0.3, -0.25) is 0 Å². The molecule has 110 valence electrons. The zero-order chi connectivity index (χ0) is 15.7. The van der Waals surface area contributed by atoms with Crippen LogP contribution in [0.15, 0.2) is 42.5 Å². The van der Waals surface area contributed by atoms with E-state index in [4.69, 9.17) is 10.8 Å². The van der Waals surface area contributed by atoms with Crippen molar-refractivity contribution < 1.29 is 20.4 Å². The number of hydrogen-bond acceptors (Lipinski definition) is 4. The second kappa shape index (κ2) is 9.28. The molecule has 0 amide bonds. The summed E-state index contributed by atoms with van der Waals surface area (Å²) < 4.78 is 23.4. The molecule has 1 rings (SSSR count). The largest absolute Gasteiger partial charge is 0.466 e. The van der Waals surface area contributed by atoms with Crippen LogP contribution in [0.4, 0.5) is 0 Å². The van der Waals surface area contributed by atoms with Gasteiger partial charge in [-0.05, 0) is 17.5 Å². The van der Waals surface area contributed by atoms with Crippen LogP contribution in [-0.2, 0) is 25.6 Å². The van der Waals surface area contributed by atoms with Gasteiger partial charge in [0.25, 0.3) is 0 Å². The number of rotatable bonds is 8. The molecule has 0 radical (unpaired) electrons. The fourth-order valence-corrected chi connectivity index (χ4v) is 1.50. The van der Waals surface area contributed by atoms with Gasteiger partial charge in [-0.25, -0.2) is 4.79 Å². The Kier molecular flexibility index (Phi) is 6.85. The van der Waals surface area contributed by atoms with Gasteiger partial charge in [0, 0.05) is 6.08 Å². The minimum Gasteiger partial charge on any atom is -0.466 e. The zero-order valence-corrected chi connectivity index (χ0v) is 12.2. The van der Waals surface area contributed by atoms with Gasteiger partial charge < -0.3 is 14.2 Å². The van der Waals surface area contributed by atoms with Crippen LogP contribution < -0.4 is 0 Å². The molecular formula is C16H22O4. The molecule has 0 N–H and O–H groups in total. The van der Waals surface area contributed by atoms with Gasteiger partial charge in [-0.2, -0.15) is 0 Å². The van der Waals surface area contributed by atoms with Crippen LogP contribution in [0.5, 0.6) is 0 Å². The number of methoxy groups -OCH3 is 1. The number of benzene rings is 1. The fourth-order valence-electron chi connectivity index (χ4n) is 1.50. The molecule has 0 fully saturated rings. The minimum atomic E-state index is -0.556. The lowest BCUT2D eigenvalue weighted by atomic mass is 10.1. The van der Waals surface area contributed by atoms with Gasteiger partial charge in [-0.15, -0.1) is 0 Å². The zero-order valence-electron chi connectivity index (χ0n) is 13.2. The Labute approximate surface area is 121 Å². The molecule has 1 aromatic rings. The molecule has 4 nitrogen and oxygen atoms in total. The first kappa shape index (κ1) is 14.8. The molecule has 4 heteroatoms. The summed E-state index contributed by atoms with van der Waals surface area (Å²) in [6, 6.07) is 9.84. The molecule has 20 heavy (non-hydrogen) atoms. The van der Waals surface area contributed by atoms with Crippen molar-refractivity contribution in [1.29, 1.82) is 0 Å². The van der Waals surface area contributed by atoms with E-state index >= 15 is 0 Å². The smallest absolute Gasteiger partial charge is 0.330 e. The quantitative estimate of drug-likeness (QED) is 0.318. The summed E-state index contributed by atoms with van der Waals surface area (Å²) in [4.78, 5) is 11.2. The van der Waals surface area contributed by atoms with Crippen molar-refractivity contribution in [3.05, 3.63) is 48.0 Å². The number of carbonyl (C=O) groups is 1.